The highest BCUT2D eigenvalue weighted by molar-refractivity contribution is 6.74. The number of piperidine rings is 1. The molecule has 0 bridgehead atoms. The zero-order valence-electron chi connectivity index (χ0n) is 25.5. The Hall–Kier alpha value is -2.98. The summed E-state index contributed by atoms with van der Waals surface area (Å²) in [7, 11) is -1.80. The van der Waals surface area contributed by atoms with Gasteiger partial charge in [-0.05, 0) is 80.4 Å². The number of nitrogens with two attached hydrogens (primary N) is 1. The summed E-state index contributed by atoms with van der Waals surface area (Å²) in [5, 5.41) is 12.3. The summed E-state index contributed by atoms with van der Waals surface area (Å²) in [4.78, 5) is 23.2. The quantitative estimate of drug-likeness (QED) is 0.173. The van der Waals surface area contributed by atoms with Crippen molar-refractivity contribution < 1.29 is 9.35 Å². The number of hydrogen-bond acceptors (Lipinski definition) is 7. The molecule has 3 aromatic rings. The van der Waals surface area contributed by atoms with Gasteiger partial charge in [-0.3, -0.25) is 10.1 Å². The van der Waals surface area contributed by atoms with Gasteiger partial charge in [0.15, 0.2) is 8.32 Å². The van der Waals surface area contributed by atoms with Crippen molar-refractivity contribution in [1.29, 1.82) is 0 Å². The first-order valence-corrected chi connectivity index (χ1v) is 18.1. The van der Waals surface area contributed by atoms with Crippen LogP contribution in [-0.2, 0) is 4.43 Å². The van der Waals surface area contributed by atoms with E-state index in [9.17, 15) is 10.1 Å². The number of nitrogen functional groups attached to an aromatic ring is 1. The maximum atomic E-state index is 12.2. The molecule has 0 amide bonds. The lowest BCUT2D eigenvalue weighted by atomic mass is 9.92. The molecule has 3 heterocycles. The lowest BCUT2D eigenvalue weighted by molar-refractivity contribution is -0.383. The number of hydrogen-bond donors (Lipinski definition) is 1. The molecule has 222 valence electrons. The van der Waals surface area contributed by atoms with Gasteiger partial charge in [0.2, 0.25) is 5.82 Å². The standard InChI is InChI=1S/C31H46N6O3Si/c1-21-16-22(19-40-41(5,6)31(2,3)4)14-15-35(21)28-18-25(29(37(38)39)30(32)34-28)23-12-13-27-26(17-23)33-20-36(27)24-10-8-7-9-11-24/h12-13,17-18,20-22,24H,7-11,14-16,19H2,1-6H3,(H2,32,34). The fourth-order valence-corrected chi connectivity index (χ4v) is 7.34. The Morgan fingerprint density at radius 3 is 2.54 bits per heavy atom. The zero-order valence-corrected chi connectivity index (χ0v) is 26.5. The predicted molar refractivity (Wildman–Crippen MR) is 169 cm³/mol. The Labute approximate surface area is 244 Å². The normalized spacial score (nSPS) is 21.0. The molecule has 1 aromatic carbocycles. The summed E-state index contributed by atoms with van der Waals surface area (Å²) in [6.45, 7) is 15.2. The molecule has 2 unspecified atom stereocenters. The summed E-state index contributed by atoms with van der Waals surface area (Å²) in [5.41, 5.74) is 9.26. The van der Waals surface area contributed by atoms with Crippen LogP contribution in [0.4, 0.5) is 17.3 Å². The summed E-state index contributed by atoms with van der Waals surface area (Å²) in [6, 6.07) is 8.48. The van der Waals surface area contributed by atoms with Gasteiger partial charge in [-0.1, -0.05) is 46.1 Å². The van der Waals surface area contributed by atoms with Crippen LogP contribution in [0.3, 0.4) is 0 Å². The first-order valence-electron chi connectivity index (χ1n) is 15.2. The lowest BCUT2D eigenvalue weighted by Gasteiger charge is -2.41. The smallest absolute Gasteiger partial charge is 0.319 e. The van der Waals surface area contributed by atoms with Gasteiger partial charge in [0.05, 0.1) is 27.8 Å². The Balaban J connectivity index is 1.40. The Morgan fingerprint density at radius 1 is 1.15 bits per heavy atom. The monoisotopic (exact) mass is 578 g/mol. The molecule has 1 saturated heterocycles. The molecule has 2 atom stereocenters. The SMILES string of the molecule is CC1CC(CO[Si](C)(C)C(C)(C)C)CCN1c1cc(-c2ccc3c(c2)ncn3C2CCCCC2)c([N+](=O)[O-])c(N)n1. The minimum Gasteiger partial charge on any atom is -0.417 e. The molecule has 2 aromatic heterocycles. The third-order valence-corrected chi connectivity index (χ3v) is 14.3. The summed E-state index contributed by atoms with van der Waals surface area (Å²) >= 11 is 0. The van der Waals surface area contributed by atoms with E-state index >= 15 is 0 Å². The van der Waals surface area contributed by atoms with Gasteiger partial charge >= 0.3 is 5.69 Å². The van der Waals surface area contributed by atoms with E-state index in [2.05, 4.69) is 60.2 Å². The lowest BCUT2D eigenvalue weighted by Crippen LogP contribution is -2.45. The van der Waals surface area contributed by atoms with E-state index in [-0.39, 0.29) is 22.6 Å². The van der Waals surface area contributed by atoms with Crippen molar-refractivity contribution >= 4 is 36.7 Å². The van der Waals surface area contributed by atoms with Gasteiger partial charge in [-0.25, -0.2) is 9.97 Å². The third kappa shape index (κ3) is 5.99. The van der Waals surface area contributed by atoms with Crippen molar-refractivity contribution in [3.63, 3.8) is 0 Å². The van der Waals surface area contributed by atoms with Gasteiger partial charge < -0.3 is 19.6 Å². The van der Waals surface area contributed by atoms with Crippen molar-refractivity contribution in [1.82, 2.24) is 14.5 Å². The van der Waals surface area contributed by atoms with Gasteiger partial charge in [0.25, 0.3) is 0 Å². The van der Waals surface area contributed by atoms with Crippen LogP contribution in [0.1, 0.15) is 78.7 Å². The van der Waals surface area contributed by atoms with E-state index in [1.807, 2.05) is 30.6 Å². The minimum atomic E-state index is -1.80. The van der Waals surface area contributed by atoms with Crippen molar-refractivity contribution in [2.45, 2.75) is 103 Å². The molecule has 0 spiro atoms. The molecule has 9 nitrogen and oxygen atoms in total. The van der Waals surface area contributed by atoms with E-state index in [1.54, 1.807) is 0 Å². The summed E-state index contributed by atoms with van der Waals surface area (Å²) < 4.78 is 8.82. The van der Waals surface area contributed by atoms with E-state index in [4.69, 9.17) is 10.2 Å². The number of benzene rings is 1. The predicted octanol–water partition coefficient (Wildman–Crippen LogP) is 7.72. The maximum absolute atomic E-state index is 12.2. The van der Waals surface area contributed by atoms with Gasteiger partial charge in [-0.15, -0.1) is 0 Å². The second-order valence-electron chi connectivity index (χ2n) is 13.7. The second kappa shape index (κ2) is 11.4. The van der Waals surface area contributed by atoms with Crippen LogP contribution in [0.15, 0.2) is 30.6 Å². The Morgan fingerprint density at radius 2 is 1.88 bits per heavy atom. The Bertz CT molecular complexity index is 1410. The van der Waals surface area contributed by atoms with Crippen molar-refractivity contribution in [2.24, 2.45) is 5.92 Å². The molecule has 41 heavy (non-hydrogen) atoms. The minimum absolute atomic E-state index is 0.0501. The number of rotatable bonds is 7. The number of imidazole rings is 1. The molecule has 10 heteroatoms. The van der Waals surface area contributed by atoms with E-state index in [0.29, 0.717) is 23.3 Å². The van der Waals surface area contributed by atoms with Crippen molar-refractivity contribution in [3.8, 4) is 11.1 Å². The van der Waals surface area contributed by atoms with Crippen LogP contribution in [-0.4, -0.2) is 47.0 Å². The van der Waals surface area contributed by atoms with Crippen LogP contribution in [0, 0.1) is 16.0 Å². The number of nitrogens with zero attached hydrogens (tertiary/aromatic N) is 5. The molecule has 1 aliphatic heterocycles. The number of fused-ring (bicyclic) bond motifs is 1. The van der Waals surface area contributed by atoms with E-state index < -0.39 is 13.2 Å². The largest absolute Gasteiger partial charge is 0.417 e. The first-order chi connectivity index (χ1) is 19.4. The highest BCUT2D eigenvalue weighted by Crippen LogP contribution is 2.41. The van der Waals surface area contributed by atoms with Gasteiger partial charge in [0.1, 0.15) is 5.82 Å². The van der Waals surface area contributed by atoms with Crippen LogP contribution in [0.5, 0.6) is 0 Å². The molecular weight excluding hydrogens is 532 g/mol. The summed E-state index contributed by atoms with van der Waals surface area (Å²) in [5.74, 6) is 1.12. The zero-order chi connectivity index (χ0) is 29.5. The Kier molecular flexibility index (Phi) is 8.18. The highest BCUT2D eigenvalue weighted by atomic mass is 28.4. The average Bonchev–Trinajstić information content (AvgIpc) is 3.34. The van der Waals surface area contributed by atoms with Crippen LogP contribution < -0.4 is 10.6 Å². The number of nitro groups is 1. The first kappa shape index (κ1) is 29.5. The molecule has 1 saturated carbocycles. The third-order valence-electron chi connectivity index (χ3n) is 9.81. The maximum Gasteiger partial charge on any atom is 0.319 e. The topological polar surface area (TPSA) is 112 Å². The molecule has 2 fully saturated rings. The number of anilines is 2. The second-order valence-corrected chi connectivity index (χ2v) is 18.5. The van der Waals surface area contributed by atoms with Crippen LogP contribution >= 0.6 is 0 Å². The van der Waals surface area contributed by atoms with Gasteiger partial charge in [-0.2, -0.15) is 0 Å². The average molecular weight is 579 g/mol. The van der Waals surface area contributed by atoms with Crippen molar-refractivity contribution in [3.05, 3.63) is 40.7 Å². The highest BCUT2D eigenvalue weighted by Gasteiger charge is 2.38. The van der Waals surface area contributed by atoms with Crippen LogP contribution in [0.2, 0.25) is 18.1 Å². The van der Waals surface area contributed by atoms with Crippen LogP contribution in [0.25, 0.3) is 22.2 Å². The molecule has 1 aliphatic carbocycles. The summed E-state index contributed by atoms with van der Waals surface area (Å²) in [6.07, 6.45) is 10.0. The number of pyridine rings is 1. The fourth-order valence-electron chi connectivity index (χ4n) is 6.26. The van der Waals surface area contributed by atoms with Gasteiger partial charge in [0, 0.05) is 25.2 Å². The van der Waals surface area contributed by atoms with E-state index in [1.165, 1.54) is 32.1 Å². The molecule has 0 radical (unpaired) electrons. The van der Waals surface area contributed by atoms with E-state index in [0.717, 1.165) is 42.6 Å². The molecule has 2 aliphatic rings. The van der Waals surface area contributed by atoms with Crippen molar-refractivity contribution in [2.75, 3.05) is 23.8 Å². The molecular formula is C31H46N6O3Si. The fraction of sp³-hybridized carbons (Fsp3) is 0.613. The number of aromatic nitrogens is 3. The molecule has 5 rings (SSSR count). The molecule has 2 N–H and O–H groups in total.